The fourth-order valence-electron chi connectivity index (χ4n) is 1.57. The smallest absolute Gasteiger partial charge is 0.226 e. The van der Waals surface area contributed by atoms with Gasteiger partial charge in [-0.25, -0.2) is 4.84 Å². The van der Waals surface area contributed by atoms with Gasteiger partial charge in [-0.1, -0.05) is 19.1 Å². The molecule has 0 aliphatic carbocycles. The molecule has 4 heteroatoms. The molecule has 0 saturated heterocycles. The number of anilines is 1. The van der Waals surface area contributed by atoms with Crippen LogP contribution in [0.1, 0.15) is 24.5 Å². The molecule has 1 aromatic rings. The normalized spacial score (nSPS) is 10.2. The van der Waals surface area contributed by atoms with Crippen LogP contribution in [0.25, 0.3) is 0 Å². The lowest BCUT2D eigenvalue weighted by atomic mass is 10.1. The molecule has 88 valence electrons. The second-order valence-corrected chi connectivity index (χ2v) is 4.00. The maximum Gasteiger partial charge on any atom is 0.226 e. The van der Waals surface area contributed by atoms with Gasteiger partial charge in [-0.15, -0.1) is 0 Å². The standard InChI is InChI=1S/C12H17ClN2O/c1-4-12(16)15(3)11-7-10(8-14-13)6-5-9(11)2/h5-7,14H,4,8H2,1-3H3. The summed E-state index contributed by atoms with van der Waals surface area (Å²) >= 11 is 5.47. The highest BCUT2D eigenvalue weighted by molar-refractivity contribution is 6.13. The number of carbonyl (C=O) groups excluding carboxylic acids is 1. The van der Waals surface area contributed by atoms with Crippen LogP contribution in [-0.2, 0) is 11.3 Å². The van der Waals surface area contributed by atoms with Gasteiger partial charge in [-0.2, -0.15) is 0 Å². The molecular formula is C12H17ClN2O. The quantitative estimate of drug-likeness (QED) is 0.821. The number of rotatable bonds is 4. The Hall–Kier alpha value is -1.06. The number of nitrogens with one attached hydrogen (secondary N) is 1. The van der Waals surface area contributed by atoms with E-state index in [9.17, 15) is 4.79 Å². The zero-order valence-corrected chi connectivity index (χ0v) is 10.6. The SMILES string of the molecule is CCC(=O)N(C)c1cc(CNCl)ccc1C. The minimum Gasteiger partial charge on any atom is -0.315 e. The first-order valence-electron chi connectivity index (χ1n) is 5.29. The van der Waals surface area contributed by atoms with E-state index in [1.807, 2.05) is 32.0 Å². The van der Waals surface area contributed by atoms with E-state index >= 15 is 0 Å². The maximum absolute atomic E-state index is 11.6. The molecule has 0 spiro atoms. The Morgan fingerprint density at radius 1 is 1.50 bits per heavy atom. The van der Waals surface area contributed by atoms with E-state index in [4.69, 9.17) is 11.8 Å². The monoisotopic (exact) mass is 240 g/mol. The van der Waals surface area contributed by atoms with Gasteiger partial charge in [0.05, 0.1) is 0 Å². The number of benzene rings is 1. The maximum atomic E-state index is 11.6. The minimum atomic E-state index is 0.110. The lowest BCUT2D eigenvalue weighted by Gasteiger charge is -2.19. The zero-order valence-electron chi connectivity index (χ0n) is 9.88. The summed E-state index contributed by atoms with van der Waals surface area (Å²) in [7, 11) is 1.80. The van der Waals surface area contributed by atoms with Crippen LogP contribution in [0.5, 0.6) is 0 Å². The van der Waals surface area contributed by atoms with Crippen molar-refractivity contribution in [1.29, 1.82) is 0 Å². The van der Waals surface area contributed by atoms with Crippen LogP contribution in [0.3, 0.4) is 0 Å². The molecule has 1 rings (SSSR count). The second-order valence-electron chi connectivity index (χ2n) is 3.74. The highest BCUT2D eigenvalue weighted by Crippen LogP contribution is 2.21. The Morgan fingerprint density at radius 2 is 2.19 bits per heavy atom. The first-order chi connectivity index (χ1) is 7.60. The fourth-order valence-corrected chi connectivity index (χ4v) is 1.73. The summed E-state index contributed by atoms with van der Waals surface area (Å²) < 4.78 is 0. The molecule has 0 aromatic heterocycles. The van der Waals surface area contributed by atoms with Gasteiger partial charge in [0, 0.05) is 25.7 Å². The molecule has 0 atom stereocenters. The average molecular weight is 241 g/mol. The topological polar surface area (TPSA) is 32.3 Å². The van der Waals surface area contributed by atoms with Gasteiger partial charge in [-0.3, -0.25) is 4.79 Å². The van der Waals surface area contributed by atoms with Gasteiger partial charge in [0.25, 0.3) is 0 Å². The van der Waals surface area contributed by atoms with Gasteiger partial charge in [0.1, 0.15) is 0 Å². The molecule has 0 aliphatic heterocycles. The molecule has 0 bridgehead atoms. The molecule has 1 amide bonds. The Bertz CT molecular complexity index is 379. The van der Waals surface area contributed by atoms with Crippen LogP contribution in [0, 0.1) is 6.92 Å². The van der Waals surface area contributed by atoms with Crippen molar-refractivity contribution in [3.05, 3.63) is 29.3 Å². The molecule has 1 aromatic carbocycles. The van der Waals surface area contributed by atoms with Gasteiger partial charge in [0.15, 0.2) is 0 Å². The van der Waals surface area contributed by atoms with Crippen molar-refractivity contribution >= 4 is 23.4 Å². The first-order valence-corrected chi connectivity index (χ1v) is 5.67. The van der Waals surface area contributed by atoms with E-state index in [0.29, 0.717) is 13.0 Å². The van der Waals surface area contributed by atoms with Gasteiger partial charge in [-0.05, 0) is 35.9 Å². The van der Waals surface area contributed by atoms with Crippen LogP contribution in [0.2, 0.25) is 0 Å². The number of carbonyl (C=O) groups is 1. The third kappa shape index (κ3) is 2.97. The molecule has 0 radical (unpaired) electrons. The third-order valence-corrected chi connectivity index (χ3v) is 2.72. The first kappa shape index (κ1) is 13.0. The predicted molar refractivity (Wildman–Crippen MR) is 67.6 cm³/mol. The van der Waals surface area contributed by atoms with Crippen LogP contribution in [0.4, 0.5) is 5.69 Å². The largest absolute Gasteiger partial charge is 0.315 e. The Morgan fingerprint density at radius 3 is 2.75 bits per heavy atom. The molecule has 1 N–H and O–H groups in total. The molecule has 0 unspecified atom stereocenters. The van der Waals surface area contributed by atoms with Crippen molar-refractivity contribution in [3.8, 4) is 0 Å². The fraction of sp³-hybridized carbons (Fsp3) is 0.417. The van der Waals surface area contributed by atoms with Crippen molar-refractivity contribution < 1.29 is 4.79 Å². The van der Waals surface area contributed by atoms with Crippen molar-refractivity contribution in [2.45, 2.75) is 26.8 Å². The summed E-state index contributed by atoms with van der Waals surface area (Å²) in [4.78, 5) is 15.9. The van der Waals surface area contributed by atoms with Crippen LogP contribution in [0.15, 0.2) is 18.2 Å². The summed E-state index contributed by atoms with van der Waals surface area (Å²) in [5, 5.41) is 0. The minimum absolute atomic E-state index is 0.110. The van der Waals surface area contributed by atoms with Gasteiger partial charge in [0.2, 0.25) is 5.91 Å². The Labute approximate surface area is 102 Å². The summed E-state index contributed by atoms with van der Waals surface area (Å²) in [6.07, 6.45) is 0.508. The Kier molecular flexibility index (Phi) is 4.77. The van der Waals surface area contributed by atoms with Gasteiger partial charge < -0.3 is 4.90 Å². The predicted octanol–water partition coefficient (Wildman–Crippen LogP) is 2.61. The molecule has 3 nitrogen and oxygen atoms in total. The zero-order chi connectivity index (χ0) is 12.1. The Balaban J connectivity index is 3.01. The lowest BCUT2D eigenvalue weighted by Crippen LogP contribution is -2.26. The van der Waals surface area contributed by atoms with Crippen molar-refractivity contribution in [2.24, 2.45) is 0 Å². The molecule has 0 aliphatic rings. The summed E-state index contributed by atoms with van der Waals surface area (Å²) in [5.74, 6) is 0.110. The van der Waals surface area contributed by atoms with Crippen LogP contribution in [-0.4, -0.2) is 13.0 Å². The molecule has 0 heterocycles. The van der Waals surface area contributed by atoms with Crippen LogP contribution < -0.4 is 9.74 Å². The number of halogens is 1. The molecule has 0 saturated carbocycles. The average Bonchev–Trinajstić information content (AvgIpc) is 2.30. The lowest BCUT2D eigenvalue weighted by molar-refractivity contribution is -0.118. The number of aryl methyl sites for hydroxylation is 1. The third-order valence-electron chi connectivity index (χ3n) is 2.58. The highest BCUT2D eigenvalue weighted by atomic mass is 35.5. The number of nitrogens with zero attached hydrogens (tertiary/aromatic N) is 1. The number of hydrogen-bond acceptors (Lipinski definition) is 2. The summed E-state index contributed by atoms with van der Waals surface area (Å²) in [6.45, 7) is 4.44. The van der Waals surface area contributed by atoms with E-state index in [1.165, 1.54) is 0 Å². The summed E-state index contributed by atoms with van der Waals surface area (Å²) in [6, 6.07) is 5.98. The number of amides is 1. The molecule has 16 heavy (non-hydrogen) atoms. The van der Waals surface area contributed by atoms with Gasteiger partial charge >= 0.3 is 0 Å². The molecular weight excluding hydrogens is 224 g/mol. The summed E-state index contributed by atoms with van der Waals surface area (Å²) in [5.41, 5.74) is 3.09. The van der Waals surface area contributed by atoms with Crippen molar-refractivity contribution in [1.82, 2.24) is 4.84 Å². The number of hydrogen-bond donors (Lipinski definition) is 1. The molecule has 0 fully saturated rings. The van der Waals surface area contributed by atoms with E-state index < -0.39 is 0 Å². The van der Waals surface area contributed by atoms with E-state index in [1.54, 1.807) is 11.9 Å². The second kappa shape index (κ2) is 5.87. The van der Waals surface area contributed by atoms with E-state index in [2.05, 4.69) is 4.84 Å². The van der Waals surface area contributed by atoms with Crippen LogP contribution >= 0.6 is 11.8 Å². The van der Waals surface area contributed by atoms with E-state index in [0.717, 1.165) is 16.8 Å². The van der Waals surface area contributed by atoms with Crippen molar-refractivity contribution in [3.63, 3.8) is 0 Å². The highest BCUT2D eigenvalue weighted by Gasteiger charge is 2.11. The van der Waals surface area contributed by atoms with E-state index in [-0.39, 0.29) is 5.91 Å². The van der Waals surface area contributed by atoms with Crippen molar-refractivity contribution in [2.75, 3.05) is 11.9 Å².